The fourth-order valence-corrected chi connectivity index (χ4v) is 5.49. The number of esters is 1. The van der Waals surface area contributed by atoms with Crippen molar-refractivity contribution in [2.75, 3.05) is 7.11 Å². The monoisotopic (exact) mass is 468 g/mol. The third-order valence-corrected chi connectivity index (χ3v) is 16.6. The number of carbonyl (C=O) groups excluding carboxylic acids is 1. The lowest BCUT2D eigenvalue weighted by Gasteiger charge is -2.42. The molecule has 0 radical (unpaired) electrons. The third-order valence-electron chi connectivity index (χ3n) is 7.75. The summed E-state index contributed by atoms with van der Waals surface area (Å²) in [4.78, 5) is 12.6. The Kier molecular flexibility index (Phi) is 8.34. The van der Waals surface area contributed by atoms with Crippen LogP contribution in [0.15, 0.2) is 24.0 Å². The smallest absolute Gasteiger partial charge is 0.312 e. The maximum atomic E-state index is 12.6. The number of hydrogen-bond acceptors (Lipinski definition) is 4. The molecule has 3 atom stereocenters. The van der Waals surface area contributed by atoms with Crippen LogP contribution in [0.4, 0.5) is 0 Å². The molecule has 0 fully saturated rings. The van der Waals surface area contributed by atoms with Crippen LogP contribution in [-0.2, 0) is 18.4 Å². The van der Waals surface area contributed by atoms with Gasteiger partial charge < -0.3 is 13.6 Å². The summed E-state index contributed by atoms with van der Waals surface area (Å²) in [6.45, 7) is 28.7. The molecule has 4 nitrogen and oxygen atoms in total. The topological polar surface area (TPSA) is 44.8 Å². The number of ether oxygens (including phenoxy) is 1. The molecule has 0 saturated heterocycles. The van der Waals surface area contributed by atoms with Crippen molar-refractivity contribution < 1.29 is 18.4 Å². The van der Waals surface area contributed by atoms with Gasteiger partial charge in [0.1, 0.15) is 0 Å². The second-order valence-corrected chi connectivity index (χ2v) is 22.2. The van der Waals surface area contributed by atoms with Gasteiger partial charge in [-0.25, -0.2) is 0 Å². The van der Waals surface area contributed by atoms with Crippen LogP contribution in [0, 0.1) is 17.3 Å². The summed E-state index contributed by atoms with van der Waals surface area (Å²) in [7, 11) is -2.60. The molecule has 0 aliphatic heterocycles. The molecular formula is C25H48O4Si2. The van der Waals surface area contributed by atoms with Crippen LogP contribution in [0.25, 0.3) is 0 Å². The Bertz CT molecular complexity index is 706. The van der Waals surface area contributed by atoms with Crippen LogP contribution < -0.4 is 0 Å². The van der Waals surface area contributed by atoms with E-state index in [1.54, 1.807) is 0 Å². The van der Waals surface area contributed by atoms with E-state index in [1.165, 1.54) is 7.11 Å². The first-order chi connectivity index (χ1) is 13.7. The van der Waals surface area contributed by atoms with Crippen molar-refractivity contribution in [1.82, 2.24) is 0 Å². The Morgan fingerprint density at radius 1 is 0.871 bits per heavy atom. The van der Waals surface area contributed by atoms with E-state index in [0.717, 1.165) is 5.76 Å². The van der Waals surface area contributed by atoms with Gasteiger partial charge in [0, 0.05) is 11.8 Å². The highest BCUT2D eigenvalue weighted by Crippen LogP contribution is 2.44. The van der Waals surface area contributed by atoms with E-state index >= 15 is 0 Å². The molecule has 0 saturated carbocycles. The summed E-state index contributed by atoms with van der Waals surface area (Å²) >= 11 is 0. The Labute approximate surface area is 194 Å². The minimum atomic E-state index is -2.06. The summed E-state index contributed by atoms with van der Waals surface area (Å²) in [5, 5.41) is 0.193. The summed E-state index contributed by atoms with van der Waals surface area (Å²) in [5.74, 6) is 0.664. The van der Waals surface area contributed by atoms with Gasteiger partial charge in [-0.3, -0.25) is 4.79 Å². The normalized spacial score (nSPS) is 23.8. The second-order valence-electron chi connectivity index (χ2n) is 12.7. The van der Waals surface area contributed by atoms with Crippen molar-refractivity contribution in [1.29, 1.82) is 0 Å². The van der Waals surface area contributed by atoms with E-state index in [1.807, 2.05) is 13.8 Å². The maximum absolute atomic E-state index is 12.6. The SMILES string of the molecule is COC(=O)C(C)(C)[C@H]1C=C[C@@H](O[Si](C)(C)C(C)(C)C)[C@H](C)C(O[Si](C)(C)C(C)(C)C)=C1. The number of hydrogen-bond donors (Lipinski definition) is 0. The summed E-state index contributed by atoms with van der Waals surface area (Å²) in [5.41, 5.74) is -0.696. The van der Waals surface area contributed by atoms with Crippen molar-refractivity contribution in [2.24, 2.45) is 17.3 Å². The highest BCUT2D eigenvalue weighted by atomic mass is 28.4. The van der Waals surface area contributed by atoms with Gasteiger partial charge in [-0.15, -0.1) is 0 Å². The van der Waals surface area contributed by atoms with E-state index in [4.69, 9.17) is 13.6 Å². The summed E-state index contributed by atoms with van der Waals surface area (Å²) in [6.07, 6.45) is 6.33. The average molecular weight is 469 g/mol. The molecule has 1 aliphatic rings. The van der Waals surface area contributed by atoms with E-state index in [9.17, 15) is 4.79 Å². The van der Waals surface area contributed by atoms with E-state index < -0.39 is 22.0 Å². The highest BCUT2D eigenvalue weighted by Gasteiger charge is 2.45. The van der Waals surface area contributed by atoms with Crippen molar-refractivity contribution in [3.05, 3.63) is 24.0 Å². The zero-order chi connectivity index (χ0) is 24.6. The molecule has 0 aromatic carbocycles. The van der Waals surface area contributed by atoms with Crippen LogP contribution in [0.2, 0.25) is 36.3 Å². The second kappa shape index (κ2) is 9.18. The van der Waals surface area contributed by atoms with Gasteiger partial charge in [0.15, 0.2) is 8.32 Å². The molecule has 0 amide bonds. The zero-order valence-corrected chi connectivity index (χ0v) is 24.6. The maximum Gasteiger partial charge on any atom is 0.312 e. The van der Waals surface area contributed by atoms with Gasteiger partial charge >= 0.3 is 5.97 Å². The van der Waals surface area contributed by atoms with Crippen LogP contribution >= 0.6 is 0 Å². The third kappa shape index (κ3) is 6.35. The molecule has 180 valence electrons. The molecule has 1 rings (SSSR count). The number of carbonyl (C=O) groups is 1. The quantitative estimate of drug-likeness (QED) is 0.233. The van der Waals surface area contributed by atoms with Gasteiger partial charge in [0.25, 0.3) is 0 Å². The zero-order valence-electron chi connectivity index (χ0n) is 22.6. The van der Waals surface area contributed by atoms with Gasteiger partial charge in [-0.1, -0.05) is 60.6 Å². The lowest BCUT2D eigenvalue weighted by molar-refractivity contribution is -0.152. The standard InChI is InChI=1S/C25H48O4Si2/c1-18-20(28-30(11,12)23(2,3)4)16-15-19(25(8,9)22(26)27-10)17-21(18)29-31(13,14)24(5,6)7/h15-20H,1-14H3/t18-,19-,20+/m0/s1. The molecular weight excluding hydrogens is 420 g/mol. The molecule has 0 spiro atoms. The lowest BCUT2D eigenvalue weighted by atomic mass is 9.78. The molecule has 0 N–H and O–H groups in total. The summed E-state index contributed by atoms with van der Waals surface area (Å²) in [6, 6.07) is 0. The van der Waals surface area contributed by atoms with Crippen LogP contribution in [0.5, 0.6) is 0 Å². The average Bonchev–Trinajstić information content (AvgIpc) is 2.72. The van der Waals surface area contributed by atoms with Gasteiger partial charge in [0.05, 0.1) is 24.4 Å². The number of methoxy groups -OCH3 is 1. The first-order valence-electron chi connectivity index (χ1n) is 11.5. The predicted molar refractivity (Wildman–Crippen MR) is 136 cm³/mol. The molecule has 31 heavy (non-hydrogen) atoms. The van der Waals surface area contributed by atoms with E-state index in [0.29, 0.717) is 0 Å². The molecule has 0 heterocycles. The fourth-order valence-electron chi connectivity index (χ4n) is 3.02. The molecule has 0 aromatic rings. The summed E-state index contributed by atoms with van der Waals surface area (Å²) < 4.78 is 18.8. The van der Waals surface area contributed by atoms with Crippen molar-refractivity contribution in [3.63, 3.8) is 0 Å². The fraction of sp³-hybridized carbons (Fsp3) is 0.800. The van der Waals surface area contributed by atoms with Gasteiger partial charge in [-0.05, 0) is 56.2 Å². The Morgan fingerprint density at radius 2 is 1.35 bits per heavy atom. The van der Waals surface area contributed by atoms with Crippen LogP contribution in [-0.4, -0.2) is 35.8 Å². The van der Waals surface area contributed by atoms with Crippen LogP contribution in [0.3, 0.4) is 0 Å². The minimum Gasteiger partial charge on any atom is -0.546 e. The Balaban J connectivity index is 3.49. The highest BCUT2D eigenvalue weighted by molar-refractivity contribution is 6.74. The number of allylic oxidation sites excluding steroid dienone is 2. The van der Waals surface area contributed by atoms with Gasteiger partial charge in [0.2, 0.25) is 8.32 Å². The predicted octanol–water partition coefficient (Wildman–Crippen LogP) is 7.30. The van der Waals surface area contributed by atoms with Crippen LogP contribution in [0.1, 0.15) is 62.3 Å². The Morgan fingerprint density at radius 3 is 1.77 bits per heavy atom. The lowest BCUT2D eigenvalue weighted by Crippen LogP contribution is -2.46. The Hall–Kier alpha value is -0.856. The number of rotatable bonds is 6. The largest absolute Gasteiger partial charge is 0.546 e. The van der Waals surface area contributed by atoms with Gasteiger partial charge in [-0.2, -0.15) is 0 Å². The first kappa shape index (κ1) is 28.2. The molecule has 0 unspecified atom stereocenters. The minimum absolute atomic E-state index is 0.0675. The van der Waals surface area contributed by atoms with Crippen molar-refractivity contribution >= 4 is 22.6 Å². The van der Waals surface area contributed by atoms with Crippen molar-refractivity contribution in [3.8, 4) is 0 Å². The van der Waals surface area contributed by atoms with Crippen molar-refractivity contribution in [2.45, 2.75) is 105 Å². The molecule has 1 aliphatic carbocycles. The molecule has 0 aromatic heterocycles. The molecule has 6 heteroatoms. The first-order valence-corrected chi connectivity index (χ1v) is 17.3. The van der Waals surface area contributed by atoms with E-state index in [-0.39, 0.29) is 34.0 Å². The van der Waals surface area contributed by atoms with E-state index in [2.05, 4.69) is 92.9 Å². The molecule has 0 bridgehead atoms.